The number of carbonyl (C=O) groups is 3. The average Bonchev–Trinajstić information content (AvgIpc) is 2.52. The lowest BCUT2D eigenvalue weighted by atomic mass is 10.2. The second kappa shape index (κ2) is 7.06. The molecule has 3 amide bonds. The summed E-state index contributed by atoms with van der Waals surface area (Å²) >= 11 is 0. The third-order valence-electron chi connectivity index (χ3n) is 3.80. The lowest BCUT2D eigenvalue weighted by Gasteiger charge is -2.34. The van der Waals surface area contributed by atoms with E-state index in [-0.39, 0.29) is 18.4 Å². The lowest BCUT2D eigenvalue weighted by Crippen LogP contribution is -2.51. The van der Waals surface area contributed by atoms with Gasteiger partial charge in [0.05, 0.1) is 0 Å². The molecule has 6 heteroatoms. The van der Waals surface area contributed by atoms with E-state index in [1.54, 1.807) is 9.80 Å². The van der Waals surface area contributed by atoms with Gasteiger partial charge in [0.15, 0.2) is 0 Å². The van der Waals surface area contributed by atoms with Crippen LogP contribution in [-0.4, -0.2) is 60.7 Å². The fourth-order valence-corrected chi connectivity index (χ4v) is 2.49. The van der Waals surface area contributed by atoms with Crippen molar-refractivity contribution in [3.63, 3.8) is 0 Å². The Kier molecular flexibility index (Phi) is 5.14. The van der Waals surface area contributed by atoms with Gasteiger partial charge in [-0.2, -0.15) is 0 Å². The molecule has 118 valence electrons. The van der Waals surface area contributed by atoms with Crippen molar-refractivity contribution in [2.24, 2.45) is 0 Å². The van der Waals surface area contributed by atoms with E-state index in [1.165, 1.54) is 11.8 Å². The molecule has 1 aliphatic heterocycles. The molecule has 0 atom stereocenters. The third-order valence-corrected chi connectivity index (χ3v) is 3.80. The van der Waals surface area contributed by atoms with Gasteiger partial charge in [-0.15, -0.1) is 0 Å². The van der Waals surface area contributed by atoms with Gasteiger partial charge in [-0.05, 0) is 24.6 Å². The van der Waals surface area contributed by atoms with Crippen LogP contribution in [0.1, 0.15) is 12.5 Å². The predicted octanol–water partition coefficient (Wildman–Crippen LogP) is 0.649. The predicted molar refractivity (Wildman–Crippen MR) is 83.4 cm³/mol. The summed E-state index contributed by atoms with van der Waals surface area (Å²) in [4.78, 5) is 39.8. The highest BCUT2D eigenvalue weighted by Gasteiger charge is 2.23. The van der Waals surface area contributed by atoms with Gasteiger partial charge in [0, 0.05) is 38.8 Å². The van der Waals surface area contributed by atoms with E-state index in [0.717, 1.165) is 17.7 Å². The molecular weight excluding hydrogens is 282 g/mol. The molecule has 22 heavy (non-hydrogen) atoms. The summed E-state index contributed by atoms with van der Waals surface area (Å²) in [5.41, 5.74) is 1.77. The van der Waals surface area contributed by atoms with E-state index in [0.29, 0.717) is 26.2 Å². The average molecular weight is 303 g/mol. The van der Waals surface area contributed by atoms with Crippen LogP contribution in [0, 0.1) is 6.92 Å². The van der Waals surface area contributed by atoms with Crippen molar-refractivity contribution in [2.75, 3.05) is 37.6 Å². The summed E-state index contributed by atoms with van der Waals surface area (Å²) in [7, 11) is 0. The smallest absolute Gasteiger partial charge is 0.242 e. The van der Waals surface area contributed by atoms with Crippen molar-refractivity contribution < 1.29 is 14.4 Å². The quantitative estimate of drug-likeness (QED) is 0.767. The maximum Gasteiger partial charge on any atom is 0.242 e. The zero-order valence-corrected chi connectivity index (χ0v) is 13.0. The minimum atomic E-state index is -0.162. The van der Waals surface area contributed by atoms with Crippen LogP contribution in [0.5, 0.6) is 0 Å². The number of rotatable bonds is 4. The Morgan fingerprint density at radius 3 is 2.45 bits per heavy atom. The Morgan fingerprint density at radius 2 is 1.91 bits per heavy atom. The summed E-state index contributed by atoms with van der Waals surface area (Å²) in [6.45, 7) is 5.54. The Hall–Kier alpha value is -2.37. The van der Waals surface area contributed by atoms with Crippen LogP contribution >= 0.6 is 0 Å². The Morgan fingerprint density at radius 1 is 1.23 bits per heavy atom. The number of aryl methyl sites for hydroxylation is 1. The Balaban J connectivity index is 2.04. The van der Waals surface area contributed by atoms with Gasteiger partial charge in [0.25, 0.3) is 0 Å². The number of benzene rings is 1. The molecule has 2 rings (SSSR count). The van der Waals surface area contributed by atoms with E-state index in [1.807, 2.05) is 31.2 Å². The van der Waals surface area contributed by atoms with E-state index in [4.69, 9.17) is 0 Å². The van der Waals surface area contributed by atoms with Crippen molar-refractivity contribution >= 4 is 23.9 Å². The van der Waals surface area contributed by atoms with Crippen LogP contribution < -0.4 is 4.90 Å². The van der Waals surface area contributed by atoms with Gasteiger partial charge < -0.3 is 14.7 Å². The maximum atomic E-state index is 12.4. The standard InChI is InChI=1S/C16H21N3O3/c1-13-4-3-5-15(10-13)19(14(2)21)11-16(22)18-8-6-17(12-20)7-9-18/h3-5,10,12H,6-9,11H2,1-2H3. The molecule has 1 saturated heterocycles. The molecule has 0 unspecified atom stereocenters. The molecule has 0 saturated carbocycles. The number of amides is 3. The zero-order valence-electron chi connectivity index (χ0n) is 13.0. The summed E-state index contributed by atoms with van der Waals surface area (Å²) in [6, 6.07) is 7.53. The number of nitrogens with zero attached hydrogens (tertiary/aromatic N) is 3. The van der Waals surface area contributed by atoms with Crippen molar-refractivity contribution in [2.45, 2.75) is 13.8 Å². The molecule has 1 heterocycles. The highest BCUT2D eigenvalue weighted by molar-refractivity contribution is 5.97. The summed E-state index contributed by atoms with van der Waals surface area (Å²) < 4.78 is 0. The topological polar surface area (TPSA) is 60.9 Å². The fourth-order valence-electron chi connectivity index (χ4n) is 2.49. The molecule has 1 aromatic rings. The molecule has 0 bridgehead atoms. The SMILES string of the molecule is CC(=O)N(CC(=O)N1CCN(C=O)CC1)c1cccc(C)c1. The van der Waals surface area contributed by atoms with E-state index in [2.05, 4.69) is 0 Å². The van der Waals surface area contributed by atoms with Crippen LogP contribution in [0.4, 0.5) is 5.69 Å². The van der Waals surface area contributed by atoms with Crippen molar-refractivity contribution in [3.05, 3.63) is 29.8 Å². The molecule has 1 aromatic carbocycles. The highest BCUT2D eigenvalue weighted by atomic mass is 16.2. The second-order valence-corrected chi connectivity index (χ2v) is 5.47. The van der Waals surface area contributed by atoms with Crippen LogP contribution in [0.25, 0.3) is 0 Å². The first-order valence-corrected chi connectivity index (χ1v) is 7.33. The first-order chi connectivity index (χ1) is 10.5. The van der Waals surface area contributed by atoms with Gasteiger partial charge >= 0.3 is 0 Å². The number of hydrogen-bond acceptors (Lipinski definition) is 3. The molecule has 0 N–H and O–H groups in total. The van der Waals surface area contributed by atoms with Gasteiger partial charge in [-0.25, -0.2) is 0 Å². The van der Waals surface area contributed by atoms with Gasteiger partial charge in [0.2, 0.25) is 18.2 Å². The molecule has 0 aliphatic carbocycles. The molecule has 6 nitrogen and oxygen atoms in total. The van der Waals surface area contributed by atoms with Gasteiger partial charge in [-0.3, -0.25) is 14.4 Å². The van der Waals surface area contributed by atoms with E-state index in [9.17, 15) is 14.4 Å². The van der Waals surface area contributed by atoms with Crippen LogP contribution in [0.2, 0.25) is 0 Å². The van der Waals surface area contributed by atoms with E-state index < -0.39 is 0 Å². The number of piperazine rings is 1. The fraction of sp³-hybridized carbons (Fsp3) is 0.438. The molecule has 1 fully saturated rings. The van der Waals surface area contributed by atoms with Crippen molar-refractivity contribution in [3.8, 4) is 0 Å². The molecule has 1 aliphatic rings. The summed E-state index contributed by atoms with van der Waals surface area (Å²) in [5, 5.41) is 0. The maximum absolute atomic E-state index is 12.4. The third kappa shape index (κ3) is 3.84. The number of hydrogen-bond donors (Lipinski definition) is 0. The Labute approximate surface area is 130 Å². The first-order valence-electron chi connectivity index (χ1n) is 7.33. The molecule has 0 radical (unpaired) electrons. The summed E-state index contributed by atoms with van der Waals surface area (Å²) in [5.74, 6) is -0.257. The van der Waals surface area contributed by atoms with Crippen LogP contribution in [0.3, 0.4) is 0 Å². The highest BCUT2D eigenvalue weighted by Crippen LogP contribution is 2.16. The number of anilines is 1. The first kappa shape index (κ1) is 16.0. The monoisotopic (exact) mass is 303 g/mol. The lowest BCUT2D eigenvalue weighted by molar-refractivity contribution is -0.134. The van der Waals surface area contributed by atoms with Crippen molar-refractivity contribution in [1.82, 2.24) is 9.80 Å². The molecule has 0 spiro atoms. The van der Waals surface area contributed by atoms with E-state index >= 15 is 0 Å². The largest absolute Gasteiger partial charge is 0.342 e. The van der Waals surface area contributed by atoms with Gasteiger partial charge in [-0.1, -0.05) is 12.1 Å². The zero-order chi connectivity index (χ0) is 16.1. The normalized spacial score (nSPS) is 14.6. The van der Waals surface area contributed by atoms with Crippen LogP contribution in [0.15, 0.2) is 24.3 Å². The number of carbonyl (C=O) groups excluding carboxylic acids is 3. The van der Waals surface area contributed by atoms with Crippen molar-refractivity contribution in [1.29, 1.82) is 0 Å². The molecule has 0 aromatic heterocycles. The van der Waals surface area contributed by atoms with Gasteiger partial charge in [0.1, 0.15) is 6.54 Å². The minimum Gasteiger partial charge on any atom is -0.342 e. The molecular formula is C16H21N3O3. The van der Waals surface area contributed by atoms with Crippen LogP contribution in [-0.2, 0) is 14.4 Å². The summed E-state index contributed by atoms with van der Waals surface area (Å²) in [6.07, 6.45) is 0.802. The minimum absolute atomic E-state index is 0.0277. The Bertz CT molecular complexity index is 566. The second-order valence-electron chi connectivity index (χ2n) is 5.47.